The van der Waals surface area contributed by atoms with Gasteiger partial charge in [-0.25, -0.2) is 8.42 Å². The zero-order chi connectivity index (χ0) is 20.5. The van der Waals surface area contributed by atoms with Crippen LogP contribution in [0.5, 0.6) is 0 Å². The molecule has 6 nitrogen and oxygen atoms in total. The molecule has 0 radical (unpaired) electrons. The van der Waals surface area contributed by atoms with Gasteiger partial charge in [0.2, 0.25) is 0 Å². The number of thioether (sulfide) groups is 1. The summed E-state index contributed by atoms with van der Waals surface area (Å²) in [4.78, 5) is 17.2. The van der Waals surface area contributed by atoms with Crippen LogP contribution in [-0.2, 0) is 15.4 Å². The molecule has 0 bridgehead atoms. The van der Waals surface area contributed by atoms with Crippen molar-refractivity contribution < 1.29 is 13.2 Å². The quantitative estimate of drug-likeness (QED) is 0.759. The van der Waals surface area contributed by atoms with E-state index in [-0.39, 0.29) is 10.8 Å². The van der Waals surface area contributed by atoms with E-state index in [1.807, 2.05) is 6.92 Å². The Bertz CT molecular complexity index is 1050. The van der Waals surface area contributed by atoms with Crippen LogP contribution in [0, 0.1) is 0 Å². The average Bonchev–Trinajstić information content (AvgIpc) is 2.61. The predicted molar refractivity (Wildman–Crippen MR) is 115 cm³/mol. The fraction of sp³-hybridized carbons (Fsp3) is 0.263. The van der Waals surface area contributed by atoms with Crippen molar-refractivity contribution in [2.75, 3.05) is 17.3 Å². The van der Waals surface area contributed by atoms with Crippen molar-refractivity contribution in [3.05, 3.63) is 58.6 Å². The van der Waals surface area contributed by atoms with Crippen LogP contribution < -0.4 is 11.1 Å². The molecule has 1 atom stereocenters. The van der Waals surface area contributed by atoms with E-state index in [9.17, 15) is 13.2 Å². The van der Waals surface area contributed by atoms with Gasteiger partial charge >= 0.3 is 0 Å². The number of sulfone groups is 1. The Morgan fingerprint density at radius 3 is 2.54 bits per heavy atom. The number of hydrogen-bond acceptors (Lipinski definition) is 6. The number of carbonyl (C=O) groups is 1. The summed E-state index contributed by atoms with van der Waals surface area (Å²) in [5.41, 5.74) is 6.72. The Morgan fingerprint density at radius 2 is 1.93 bits per heavy atom. The Labute approximate surface area is 173 Å². The summed E-state index contributed by atoms with van der Waals surface area (Å²) in [7, 11) is -3.49. The Kier molecular flexibility index (Phi) is 5.74. The molecular formula is C19H20ClN3O3S2. The molecule has 2 aromatic carbocycles. The van der Waals surface area contributed by atoms with E-state index in [0.717, 1.165) is 12.0 Å². The van der Waals surface area contributed by atoms with Crippen molar-refractivity contribution >= 4 is 50.0 Å². The van der Waals surface area contributed by atoms with Crippen LogP contribution in [0.2, 0.25) is 5.02 Å². The molecule has 148 valence electrons. The molecule has 1 unspecified atom stereocenters. The van der Waals surface area contributed by atoms with Crippen LogP contribution in [-0.4, -0.2) is 31.5 Å². The first-order chi connectivity index (χ1) is 13.1. The lowest BCUT2D eigenvalue weighted by atomic mass is 9.89. The first-order valence-electron chi connectivity index (χ1n) is 8.47. The van der Waals surface area contributed by atoms with Gasteiger partial charge in [-0.2, -0.15) is 0 Å². The number of nitrogens with two attached hydrogens (primary N) is 1. The number of anilines is 1. The third kappa shape index (κ3) is 4.68. The fourth-order valence-electron chi connectivity index (χ4n) is 2.90. The van der Waals surface area contributed by atoms with Gasteiger partial charge in [-0.1, -0.05) is 23.4 Å². The predicted octanol–water partition coefficient (Wildman–Crippen LogP) is 3.66. The smallest absolute Gasteiger partial charge is 0.255 e. The molecule has 0 aliphatic carbocycles. The molecule has 9 heteroatoms. The van der Waals surface area contributed by atoms with Crippen LogP contribution in [0.4, 0.5) is 5.69 Å². The second-order valence-corrected chi connectivity index (χ2v) is 10.4. The highest BCUT2D eigenvalue weighted by Crippen LogP contribution is 2.37. The number of halogens is 1. The van der Waals surface area contributed by atoms with Crippen molar-refractivity contribution in [3.63, 3.8) is 0 Å². The molecular weight excluding hydrogens is 418 g/mol. The van der Waals surface area contributed by atoms with E-state index < -0.39 is 15.4 Å². The van der Waals surface area contributed by atoms with E-state index in [1.165, 1.54) is 17.8 Å². The fourth-order valence-corrected chi connectivity index (χ4v) is 4.68. The number of amidine groups is 1. The van der Waals surface area contributed by atoms with Crippen molar-refractivity contribution in [3.8, 4) is 0 Å². The van der Waals surface area contributed by atoms with Gasteiger partial charge in [0, 0.05) is 28.3 Å². The minimum absolute atomic E-state index is 0.115. The van der Waals surface area contributed by atoms with Crippen LogP contribution in [0.15, 0.2) is 52.4 Å². The zero-order valence-electron chi connectivity index (χ0n) is 15.4. The molecule has 1 amide bonds. The maximum Gasteiger partial charge on any atom is 0.255 e. The molecule has 0 fully saturated rings. The topological polar surface area (TPSA) is 102 Å². The van der Waals surface area contributed by atoms with Gasteiger partial charge in [0.15, 0.2) is 15.0 Å². The molecule has 0 spiro atoms. The summed E-state index contributed by atoms with van der Waals surface area (Å²) in [6.45, 7) is 1.91. The van der Waals surface area contributed by atoms with E-state index in [4.69, 9.17) is 17.3 Å². The highest BCUT2D eigenvalue weighted by molar-refractivity contribution is 8.13. The summed E-state index contributed by atoms with van der Waals surface area (Å²) in [6, 6.07) is 11.2. The number of hydrogen-bond donors (Lipinski definition) is 2. The molecule has 28 heavy (non-hydrogen) atoms. The Balaban J connectivity index is 2.02. The zero-order valence-corrected chi connectivity index (χ0v) is 17.8. The summed E-state index contributed by atoms with van der Waals surface area (Å²) >= 11 is 7.33. The molecule has 3 rings (SSSR count). The van der Waals surface area contributed by atoms with Crippen molar-refractivity contribution in [1.29, 1.82) is 0 Å². The van der Waals surface area contributed by atoms with Crippen molar-refractivity contribution in [2.24, 2.45) is 10.7 Å². The van der Waals surface area contributed by atoms with E-state index >= 15 is 0 Å². The van der Waals surface area contributed by atoms with Gasteiger partial charge in [0.1, 0.15) is 0 Å². The Morgan fingerprint density at radius 1 is 1.25 bits per heavy atom. The molecule has 1 aliphatic heterocycles. The summed E-state index contributed by atoms with van der Waals surface area (Å²) < 4.78 is 24.4. The monoisotopic (exact) mass is 437 g/mol. The summed E-state index contributed by atoms with van der Waals surface area (Å²) in [6.07, 6.45) is 1.84. The standard InChI is InChI=1S/C19H20ClN3O3S2/c1-19(7-8-27-18(21)23-19)13-9-15(11-16(10-13)28(2,25)26)22-17(24)12-3-5-14(20)6-4-12/h3-6,9-11H,7-8H2,1-2H3,(H2,21,23)(H,22,24). The van der Waals surface area contributed by atoms with Gasteiger partial charge < -0.3 is 11.1 Å². The largest absolute Gasteiger partial charge is 0.379 e. The number of carbonyl (C=O) groups excluding carboxylic acids is 1. The molecule has 1 aliphatic rings. The highest BCUT2D eigenvalue weighted by Gasteiger charge is 2.31. The number of nitrogens with zero attached hydrogens (tertiary/aromatic N) is 1. The lowest BCUT2D eigenvalue weighted by Crippen LogP contribution is -2.29. The molecule has 1 heterocycles. The average molecular weight is 438 g/mol. The molecule has 2 aromatic rings. The number of amides is 1. The van der Waals surface area contributed by atoms with Gasteiger partial charge in [0.25, 0.3) is 5.91 Å². The summed E-state index contributed by atoms with van der Waals surface area (Å²) in [5.74, 6) is 0.419. The molecule has 0 saturated carbocycles. The minimum atomic E-state index is -3.49. The first-order valence-corrected chi connectivity index (χ1v) is 11.7. The van der Waals surface area contributed by atoms with Crippen LogP contribution in [0.25, 0.3) is 0 Å². The maximum atomic E-state index is 12.6. The van der Waals surface area contributed by atoms with Gasteiger partial charge in [-0.3, -0.25) is 9.79 Å². The first kappa shape index (κ1) is 20.7. The van der Waals surface area contributed by atoms with E-state index in [0.29, 0.717) is 33.4 Å². The second-order valence-electron chi connectivity index (χ2n) is 6.80. The van der Waals surface area contributed by atoms with Crippen molar-refractivity contribution in [1.82, 2.24) is 0 Å². The third-order valence-corrected chi connectivity index (χ3v) is 6.66. The second kappa shape index (κ2) is 7.77. The van der Waals surface area contributed by atoms with Gasteiger partial charge in [-0.15, -0.1) is 0 Å². The highest BCUT2D eigenvalue weighted by atomic mass is 35.5. The third-order valence-electron chi connectivity index (χ3n) is 4.52. The number of nitrogens with one attached hydrogen (secondary N) is 1. The van der Waals surface area contributed by atoms with Crippen LogP contribution >= 0.6 is 23.4 Å². The van der Waals surface area contributed by atoms with Crippen molar-refractivity contribution in [2.45, 2.75) is 23.8 Å². The van der Waals surface area contributed by atoms with E-state index in [1.54, 1.807) is 36.4 Å². The number of rotatable bonds is 4. The van der Waals surface area contributed by atoms with Gasteiger partial charge in [-0.05, 0) is 61.4 Å². The van der Waals surface area contributed by atoms with Gasteiger partial charge in [0.05, 0.1) is 10.4 Å². The minimum Gasteiger partial charge on any atom is -0.379 e. The molecule has 0 aromatic heterocycles. The number of benzene rings is 2. The maximum absolute atomic E-state index is 12.6. The Hall–Kier alpha value is -2.03. The SMILES string of the molecule is CC1(c2cc(NC(=O)c3ccc(Cl)cc3)cc(S(C)(=O)=O)c2)CCSC(N)=N1. The lowest BCUT2D eigenvalue weighted by Gasteiger charge is -2.30. The normalized spacial score (nSPS) is 19.8. The lowest BCUT2D eigenvalue weighted by molar-refractivity contribution is 0.102. The molecule has 3 N–H and O–H groups in total. The number of aliphatic imine (C=N–C) groups is 1. The van der Waals surface area contributed by atoms with Crippen LogP contribution in [0.1, 0.15) is 29.3 Å². The van der Waals surface area contributed by atoms with Crippen LogP contribution in [0.3, 0.4) is 0 Å². The molecule has 0 saturated heterocycles. The van der Waals surface area contributed by atoms with E-state index in [2.05, 4.69) is 10.3 Å². The summed E-state index contributed by atoms with van der Waals surface area (Å²) in [5, 5.41) is 3.75.